The summed E-state index contributed by atoms with van der Waals surface area (Å²) in [4.78, 5) is 24.4. The van der Waals surface area contributed by atoms with E-state index < -0.39 is 0 Å². The average Bonchev–Trinajstić information content (AvgIpc) is 2.91. The quantitative estimate of drug-likeness (QED) is 0.510. The molecule has 4 aliphatic rings. The van der Waals surface area contributed by atoms with Crippen LogP contribution in [-0.4, -0.2) is 18.4 Å². The molecule has 4 fully saturated rings. The van der Waals surface area contributed by atoms with Crippen LogP contribution in [-0.2, 0) is 14.3 Å². The van der Waals surface area contributed by atoms with E-state index in [0.29, 0.717) is 29.6 Å². The molecular weight excluding hydrogens is 324 g/mol. The normalized spacial score (nSPS) is 46.4. The predicted molar refractivity (Wildman–Crippen MR) is 101 cm³/mol. The maximum Gasteiger partial charge on any atom is 0.330 e. The van der Waals surface area contributed by atoms with Crippen molar-refractivity contribution < 1.29 is 14.3 Å². The molecule has 4 aliphatic carbocycles. The van der Waals surface area contributed by atoms with Crippen LogP contribution in [0.25, 0.3) is 0 Å². The van der Waals surface area contributed by atoms with Gasteiger partial charge in [0.25, 0.3) is 0 Å². The second-order valence-electron chi connectivity index (χ2n) is 9.83. The largest absolute Gasteiger partial charge is 0.463 e. The lowest BCUT2D eigenvalue weighted by molar-refractivity contribution is -0.137. The van der Waals surface area contributed by atoms with Gasteiger partial charge in [0, 0.05) is 17.9 Å². The molecular formula is C23H34O3. The van der Waals surface area contributed by atoms with Gasteiger partial charge in [0.1, 0.15) is 5.78 Å². The van der Waals surface area contributed by atoms with Gasteiger partial charge in [-0.3, -0.25) is 4.79 Å². The SMILES string of the molecule is CCOC(=O)/C=C1/CC[C@@]2(C)[C@H](CC[C@@H]3[C@@H]2CC[C@]2(C)C(=O)CC[C@@H]32)C1. The first-order valence-corrected chi connectivity index (χ1v) is 10.8. The van der Waals surface area contributed by atoms with Gasteiger partial charge in [-0.2, -0.15) is 0 Å². The number of carbonyl (C=O) groups is 2. The van der Waals surface area contributed by atoms with E-state index in [1.54, 1.807) is 6.08 Å². The smallest absolute Gasteiger partial charge is 0.330 e. The molecule has 0 spiro atoms. The summed E-state index contributed by atoms with van der Waals surface area (Å²) >= 11 is 0. The van der Waals surface area contributed by atoms with Gasteiger partial charge in [-0.1, -0.05) is 19.4 Å². The van der Waals surface area contributed by atoms with Gasteiger partial charge in [0.15, 0.2) is 0 Å². The maximum atomic E-state index is 12.5. The molecule has 3 heteroatoms. The van der Waals surface area contributed by atoms with Gasteiger partial charge in [0.2, 0.25) is 0 Å². The molecule has 0 bridgehead atoms. The van der Waals surface area contributed by atoms with Gasteiger partial charge < -0.3 is 4.74 Å². The number of hydrogen-bond donors (Lipinski definition) is 0. The minimum atomic E-state index is -0.169. The molecule has 0 aromatic heterocycles. The Hall–Kier alpha value is -1.12. The molecule has 4 rings (SSSR count). The van der Waals surface area contributed by atoms with Crippen LogP contribution in [0.5, 0.6) is 0 Å². The van der Waals surface area contributed by atoms with E-state index >= 15 is 0 Å². The molecule has 26 heavy (non-hydrogen) atoms. The van der Waals surface area contributed by atoms with Crippen LogP contribution >= 0.6 is 0 Å². The summed E-state index contributed by atoms with van der Waals surface area (Å²) in [5, 5.41) is 0. The van der Waals surface area contributed by atoms with E-state index in [1.807, 2.05) is 6.92 Å². The molecule has 0 amide bonds. The number of ether oxygens (including phenoxy) is 1. The van der Waals surface area contributed by atoms with E-state index in [4.69, 9.17) is 4.74 Å². The summed E-state index contributed by atoms with van der Waals surface area (Å²) < 4.78 is 5.11. The molecule has 0 N–H and O–H groups in total. The van der Waals surface area contributed by atoms with Crippen LogP contribution in [0.4, 0.5) is 0 Å². The second-order valence-corrected chi connectivity index (χ2v) is 9.83. The number of Topliss-reactive ketones (excluding diaryl/α,β-unsaturated/α-hetero) is 1. The van der Waals surface area contributed by atoms with E-state index in [-0.39, 0.29) is 11.4 Å². The van der Waals surface area contributed by atoms with Crippen LogP contribution in [0.15, 0.2) is 11.6 Å². The zero-order chi connectivity index (χ0) is 18.5. The standard InChI is InChI=1S/C23H34O3/c1-4-26-21(25)14-15-9-11-22(2)16(13-15)5-6-17-18-7-8-20(24)23(18,3)12-10-19(17)22/h14,16-19H,4-13H2,1-3H3/b15-14-/t16-,17+,18+,19+,22+,23+/m1/s1. The minimum absolute atomic E-state index is 0.0198. The van der Waals surface area contributed by atoms with Gasteiger partial charge in [0.05, 0.1) is 6.61 Å². The molecule has 0 unspecified atom stereocenters. The van der Waals surface area contributed by atoms with Crippen LogP contribution in [0.2, 0.25) is 0 Å². The summed E-state index contributed by atoms with van der Waals surface area (Å²) in [5.41, 5.74) is 1.66. The third kappa shape index (κ3) is 2.68. The highest BCUT2D eigenvalue weighted by Crippen LogP contribution is 2.65. The maximum absolute atomic E-state index is 12.5. The third-order valence-corrected chi connectivity index (χ3v) is 8.88. The monoisotopic (exact) mass is 358 g/mol. The van der Waals surface area contributed by atoms with Crippen molar-refractivity contribution in [2.75, 3.05) is 6.61 Å². The average molecular weight is 359 g/mol. The van der Waals surface area contributed by atoms with Crippen molar-refractivity contribution in [3.05, 3.63) is 11.6 Å². The Morgan fingerprint density at radius 3 is 2.69 bits per heavy atom. The first-order chi connectivity index (χ1) is 12.4. The molecule has 3 nitrogen and oxygen atoms in total. The molecule has 144 valence electrons. The van der Waals surface area contributed by atoms with E-state index in [1.165, 1.54) is 31.3 Å². The Bertz CT molecular complexity index is 635. The molecule has 4 saturated carbocycles. The van der Waals surface area contributed by atoms with Crippen molar-refractivity contribution in [3.63, 3.8) is 0 Å². The lowest BCUT2D eigenvalue weighted by atomic mass is 9.45. The van der Waals surface area contributed by atoms with Crippen molar-refractivity contribution in [1.29, 1.82) is 0 Å². The number of carbonyl (C=O) groups excluding carboxylic acids is 2. The molecule has 0 aromatic carbocycles. The van der Waals surface area contributed by atoms with Crippen LogP contribution in [0, 0.1) is 34.5 Å². The van der Waals surface area contributed by atoms with Crippen molar-refractivity contribution in [1.82, 2.24) is 0 Å². The first kappa shape index (κ1) is 18.3. The summed E-state index contributed by atoms with van der Waals surface area (Å²) in [5.74, 6) is 3.21. The fourth-order valence-corrected chi connectivity index (χ4v) is 7.36. The molecule has 0 aliphatic heterocycles. The van der Waals surface area contributed by atoms with E-state index in [2.05, 4.69) is 13.8 Å². The number of ketones is 1. The number of hydrogen-bond acceptors (Lipinski definition) is 3. The topological polar surface area (TPSA) is 43.4 Å². The number of allylic oxidation sites excluding steroid dienone is 1. The zero-order valence-corrected chi connectivity index (χ0v) is 16.7. The number of fused-ring (bicyclic) bond motifs is 5. The van der Waals surface area contributed by atoms with E-state index in [0.717, 1.165) is 43.9 Å². The summed E-state index contributed by atoms with van der Waals surface area (Å²) in [7, 11) is 0. The highest BCUT2D eigenvalue weighted by Gasteiger charge is 2.59. The molecule has 0 heterocycles. The van der Waals surface area contributed by atoms with Crippen molar-refractivity contribution in [2.24, 2.45) is 34.5 Å². The highest BCUT2D eigenvalue weighted by molar-refractivity contribution is 5.87. The van der Waals surface area contributed by atoms with Crippen molar-refractivity contribution >= 4 is 11.8 Å². The van der Waals surface area contributed by atoms with E-state index in [9.17, 15) is 9.59 Å². The Labute approximate surface area is 157 Å². The fourth-order valence-electron chi connectivity index (χ4n) is 7.36. The van der Waals surface area contributed by atoms with Gasteiger partial charge in [-0.25, -0.2) is 4.79 Å². The third-order valence-electron chi connectivity index (χ3n) is 8.88. The van der Waals surface area contributed by atoms with Crippen molar-refractivity contribution in [3.8, 4) is 0 Å². The molecule has 0 saturated heterocycles. The molecule has 6 atom stereocenters. The van der Waals surface area contributed by atoms with Gasteiger partial charge in [-0.05, 0) is 87.4 Å². The van der Waals surface area contributed by atoms with Crippen LogP contribution in [0.3, 0.4) is 0 Å². The lowest BCUT2D eigenvalue weighted by Crippen LogP contribution is -2.53. The predicted octanol–water partition coefficient (Wildman–Crippen LogP) is 5.09. The second kappa shape index (κ2) is 6.49. The minimum Gasteiger partial charge on any atom is -0.463 e. The Morgan fingerprint density at radius 1 is 1.12 bits per heavy atom. The fraction of sp³-hybridized carbons (Fsp3) is 0.826. The number of esters is 1. The molecule has 0 radical (unpaired) electrons. The van der Waals surface area contributed by atoms with Crippen LogP contribution < -0.4 is 0 Å². The summed E-state index contributed by atoms with van der Waals surface area (Å²) in [6.07, 6.45) is 11.9. The summed E-state index contributed by atoms with van der Waals surface area (Å²) in [6, 6.07) is 0. The Balaban J connectivity index is 1.52. The molecule has 0 aromatic rings. The Morgan fingerprint density at radius 2 is 1.92 bits per heavy atom. The number of rotatable bonds is 2. The highest BCUT2D eigenvalue weighted by atomic mass is 16.5. The lowest BCUT2D eigenvalue weighted by Gasteiger charge is -2.59. The Kier molecular flexibility index (Phi) is 4.56. The zero-order valence-electron chi connectivity index (χ0n) is 16.7. The van der Waals surface area contributed by atoms with Crippen molar-refractivity contribution in [2.45, 2.75) is 78.6 Å². The van der Waals surface area contributed by atoms with Gasteiger partial charge >= 0.3 is 5.97 Å². The van der Waals surface area contributed by atoms with Crippen LogP contribution in [0.1, 0.15) is 78.6 Å². The van der Waals surface area contributed by atoms with Gasteiger partial charge in [-0.15, -0.1) is 0 Å². The summed E-state index contributed by atoms with van der Waals surface area (Å²) in [6.45, 7) is 7.10. The first-order valence-electron chi connectivity index (χ1n) is 10.8.